The molecule has 2 saturated heterocycles. The van der Waals surface area contributed by atoms with Gasteiger partial charge in [-0.3, -0.25) is 9.69 Å². The summed E-state index contributed by atoms with van der Waals surface area (Å²) in [6, 6.07) is 15.2. The molecule has 2 aromatic carbocycles. The zero-order chi connectivity index (χ0) is 22.2. The Labute approximate surface area is 194 Å². The Morgan fingerprint density at radius 3 is 2.41 bits per heavy atom. The van der Waals surface area contributed by atoms with Crippen molar-refractivity contribution in [1.29, 1.82) is 0 Å². The van der Waals surface area contributed by atoms with Gasteiger partial charge in [-0.1, -0.05) is 29.8 Å². The van der Waals surface area contributed by atoms with Crippen molar-refractivity contribution in [2.45, 2.75) is 24.7 Å². The number of nitrogens with zero attached hydrogens (tertiary/aromatic N) is 1. The molecule has 0 spiro atoms. The minimum atomic E-state index is -0.689. The number of ether oxygens (including phenoxy) is 3. The molecular weight excluding hydrogens is 428 g/mol. The highest BCUT2D eigenvalue weighted by Crippen LogP contribution is 2.39. The molecule has 2 aliphatic heterocycles. The van der Waals surface area contributed by atoms with Gasteiger partial charge in [0.05, 0.1) is 25.2 Å². The van der Waals surface area contributed by atoms with Crippen LogP contribution in [0, 0.1) is 0 Å². The topological polar surface area (TPSA) is 60.0 Å². The Bertz CT molecular complexity index is 878. The lowest BCUT2D eigenvalue weighted by Crippen LogP contribution is -2.45. The number of rotatable bonds is 8. The Balaban J connectivity index is 1.33. The molecule has 2 fully saturated rings. The fourth-order valence-corrected chi connectivity index (χ4v) is 4.69. The molecule has 0 atom stereocenters. The van der Waals surface area contributed by atoms with Crippen molar-refractivity contribution in [3.8, 4) is 5.75 Å². The van der Waals surface area contributed by atoms with Crippen molar-refractivity contribution in [1.82, 2.24) is 4.90 Å². The number of morpholine rings is 1. The number of anilines is 1. The highest BCUT2D eigenvalue weighted by Gasteiger charge is 2.43. The van der Waals surface area contributed by atoms with E-state index in [0.29, 0.717) is 37.7 Å². The summed E-state index contributed by atoms with van der Waals surface area (Å²) in [5.74, 6) is 0.755. The zero-order valence-electron chi connectivity index (χ0n) is 18.4. The van der Waals surface area contributed by atoms with Gasteiger partial charge in [0.15, 0.2) is 0 Å². The van der Waals surface area contributed by atoms with Crippen molar-refractivity contribution in [3.05, 3.63) is 59.1 Å². The molecule has 0 saturated carbocycles. The zero-order valence-corrected chi connectivity index (χ0v) is 19.1. The van der Waals surface area contributed by atoms with E-state index in [1.54, 1.807) is 0 Å². The standard InChI is InChI=1S/C25H31ClN2O4/c26-23-5-2-1-4-22(23)25(10-16-30-17-11-25)24(29)27-20-6-8-21(9-7-20)32-15-3-12-28-13-18-31-19-14-28/h1-2,4-9H,3,10-19H2,(H,27,29). The number of nitrogens with one attached hydrogen (secondary N) is 1. The molecule has 4 rings (SSSR count). The molecule has 2 heterocycles. The van der Waals surface area contributed by atoms with Gasteiger partial charge in [-0.05, 0) is 55.2 Å². The fourth-order valence-electron chi connectivity index (χ4n) is 4.38. The normalized spacial score (nSPS) is 18.8. The maximum Gasteiger partial charge on any atom is 0.235 e. The molecule has 0 aromatic heterocycles. The van der Waals surface area contributed by atoms with Gasteiger partial charge in [0, 0.05) is 43.6 Å². The van der Waals surface area contributed by atoms with E-state index in [2.05, 4.69) is 10.2 Å². The maximum absolute atomic E-state index is 13.4. The van der Waals surface area contributed by atoms with Crippen molar-refractivity contribution in [3.63, 3.8) is 0 Å². The van der Waals surface area contributed by atoms with E-state index in [1.807, 2.05) is 48.5 Å². The van der Waals surface area contributed by atoms with Crippen LogP contribution in [0.15, 0.2) is 48.5 Å². The Morgan fingerprint density at radius 1 is 1.00 bits per heavy atom. The van der Waals surface area contributed by atoms with Gasteiger partial charge in [0.2, 0.25) is 5.91 Å². The molecule has 1 N–H and O–H groups in total. The summed E-state index contributed by atoms with van der Waals surface area (Å²) in [6.45, 7) is 6.39. The van der Waals surface area contributed by atoms with E-state index in [1.165, 1.54) is 0 Å². The van der Waals surface area contributed by atoms with E-state index in [9.17, 15) is 4.79 Å². The SMILES string of the molecule is O=C(Nc1ccc(OCCCN2CCOCC2)cc1)C1(c2ccccc2Cl)CCOCC1. The van der Waals surface area contributed by atoms with Crippen LogP contribution in [0.25, 0.3) is 0 Å². The Kier molecular flexibility index (Phi) is 8.03. The summed E-state index contributed by atoms with van der Waals surface area (Å²) < 4.78 is 16.8. The van der Waals surface area contributed by atoms with Crippen molar-refractivity contribution >= 4 is 23.2 Å². The number of hydrogen-bond acceptors (Lipinski definition) is 5. The average Bonchev–Trinajstić information content (AvgIpc) is 2.84. The largest absolute Gasteiger partial charge is 0.494 e. The number of benzene rings is 2. The smallest absolute Gasteiger partial charge is 0.235 e. The second-order valence-corrected chi connectivity index (χ2v) is 8.72. The van der Waals surface area contributed by atoms with Crippen LogP contribution in [0.2, 0.25) is 5.02 Å². The second-order valence-electron chi connectivity index (χ2n) is 8.31. The third-order valence-electron chi connectivity index (χ3n) is 6.27. The molecule has 2 aromatic rings. The predicted molar refractivity (Wildman–Crippen MR) is 126 cm³/mol. The number of carbonyl (C=O) groups is 1. The quantitative estimate of drug-likeness (QED) is 0.603. The van der Waals surface area contributed by atoms with Crippen LogP contribution in [0.5, 0.6) is 5.75 Å². The first-order valence-corrected chi connectivity index (χ1v) is 11.7. The maximum atomic E-state index is 13.4. The molecular formula is C25H31ClN2O4. The monoisotopic (exact) mass is 458 g/mol. The van der Waals surface area contributed by atoms with Crippen LogP contribution in [-0.2, 0) is 19.7 Å². The first kappa shape index (κ1) is 23.1. The van der Waals surface area contributed by atoms with Crippen molar-refractivity contribution in [2.24, 2.45) is 0 Å². The summed E-state index contributed by atoms with van der Waals surface area (Å²) in [4.78, 5) is 15.8. The summed E-state index contributed by atoms with van der Waals surface area (Å²) in [6.07, 6.45) is 2.18. The fraction of sp³-hybridized carbons (Fsp3) is 0.480. The summed E-state index contributed by atoms with van der Waals surface area (Å²) in [7, 11) is 0. The van der Waals surface area contributed by atoms with E-state index < -0.39 is 5.41 Å². The first-order chi connectivity index (χ1) is 15.7. The van der Waals surface area contributed by atoms with Gasteiger partial charge in [0.1, 0.15) is 5.75 Å². The van der Waals surface area contributed by atoms with Crippen molar-refractivity contribution < 1.29 is 19.0 Å². The van der Waals surface area contributed by atoms with Gasteiger partial charge in [-0.25, -0.2) is 0 Å². The van der Waals surface area contributed by atoms with Crippen LogP contribution in [0.1, 0.15) is 24.8 Å². The Hall–Kier alpha value is -2.12. The molecule has 0 unspecified atom stereocenters. The molecule has 0 radical (unpaired) electrons. The van der Waals surface area contributed by atoms with E-state index >= 15 is 0 Å². The molecule has 6 nitrogen and oxygen atoms in total. The van der Waals surface area contributed by atoms with Crippen LogP contribution in [0.4, 0.5) is 5.69 Å². The van der Waals surface area contributed by atoms with Crippen LogP contribution in [-0.4, -0.2) is 63.5 Å². The predicted octanol–water partition coefficient (Wildman–Crippen LogP) is 4.13. The number of carbonyl (C=O) groups excluding carboxylic acids is 1. The third kappa shape index (κ3) is 5.62. The third-order valence-corrected chi connectivity index (χ3v) is 6.60. The molecule has 7 heteroatoms. The molecule has 1 amide bonds. The Morgan fingerprint density at radius 2 is 1.69 bits per heavy atom. The lowest BCUT2D eigenvalue weighted by Gasteiger charge is -2.36. The van der Waals surface area contributed by atoms with Crippen LogP contribution >= 0.6 is 11.6 Å². The second kappa shape index (κ2) is 11.1. The molecule has 172 valence electrons. The first-order valence-electron chi connectivity index (χ1n) is 11.3. The minimum Gasteiger partial charge on any atom is -0.494 e. The molecule has 0 aliphatic carbocycles. The van der Waals surface area contributed by atoms with Gasteiger partial charge >= 0.3 is 0 Å². The molecule has 0 bridgehead atoms. The number of hydrogen-bond donors (Lipinski definition) is 1. The molecule has 32 heavy (non-hydrogen) atoms. The lowest BCUT2D eigenvalue weighted by molar-refractivity contribution is -0.125. The number of amides is 1. The average molecular weight is 459 g/mol. The van der Waals surface area contributed by atoms with E-state index in [4.69, 9.17) is 25.8 Å². The summed E-state index contributed by atoms with van der Waals surface area (Å²) in [5.41, 5.74) is 0.918. The minimum absolute atomic E-state index is 0.0481. The van der Waals surface area contributed by atoms with Crippen LogP contribution in [0.3, 0.4) is 0 Å². The van der Waals surface area contributed by atoms with Gasteiger partial charge < -0.3 is 19.5 Å². The van der Waals surface area contributed by atoms with Gasteiger partial charge in [0.25, 0.3) is 0 Å². The lowest BCUT2D eigenvalue weighted by atomic mass is 9.73. The summed E-state index contributed by atoms with van der Waals surface area (Å²) >= 11 is 6.48. The highest BCUT2D eigenvalue weighted by atomic mass is 35.5. The van der Waals surface area contributed by atoms with E-state index in [-0.39, 0.29) is 5.91 Å². The van der Waals surface area contributed by atoms with Crippen molar-refractivity contribution in [2.75, 3.05) is 58.0 Å². The van der Waals surface area contributed by atoms with Gasteiger partial charge in [-0.2, -0.15) is 0 Å². The van der Waals surface area contributed by atoms with Crippen LogP contribution < -0.4 is 10.1 Å². The molecule has 2 aliphatic rings. The number of halogens is 1. The highest BCUT2D eigenvalue weighted by molar-refractivity contribution is 6.31. The van der Waals surface area contributed by atoms with Gasteiger partial charge in [-0.15, -0.1) is 0 Å². The summed E-state index contributed by atoms with van der Waals surface area (Å²) in [5, 5.41) is 3.70. The van der Waals surface area contributed by atoms with E-state index in [0.717, 1.165) is 56.3 Å².